The number of ether oxygens (including phenoxy) is 2. The molecule has 1 N–H and O–H groups in total. The Labute approximate surface area is 294 Å². The van der Waals surface area contributed by atoms with Gasteiger partial charge in [0.2, 0.25) is 23.5 Å². The normalized spacial score (nSPS) is 23.2. The third-order valence-corrected chi connectivity index (χ3v) is 10.6. The first kappa shape index (κ1) is 31.7. The predicted octanol–water partition coefficient (Wildman–Crippen LogP) is 6.73. The predicted molar refractivity (Wildman–Crippen MR) is 188 cm³/mol. The topological polar surface area (TPSA) is 136 Å². The maximum atomic E-state index is 14.3. The van der Waals surface area contributed by atoms with Crippen LogP contribution in [0, 0.1) is 23.7 Å². The highest BCUT2D eigenvalue weighted by Gasteiger charge is 2.56. The number of aromatic hydroxyl groups is 1. The van der Waals surface area contributed by atoms with Gasteiger partial charge in [-0.25, -0.2) is 4.98 Å². The number of nitrogens with zero attached hydrogens (tertiary/aromatic N) is 2. The number of rotatable bonds is 6. The number of phenolic OH excluding ortho intramolecular Hbond substituents is 1. The number of hydrogen-bond donors (Lipinski definition) is 1. The number of phenols is 1. The number of imide groups is 1. The van der Waals surface area contributed by atoms with Crippen molar-refractivity contribution in [1.29, 1.82) is 0 Å². The van der Waals surface area contributed by atoms with Crippen LogP contribution in [0.25, 0.3) is 28.6 Å². The summed E-state index contributed by atoms with van der Waals surface area (Å²) in [4.78, 5) is 61.0. The molecule has 8 rings (SSSR count). The van der Waals surface area contributed by atoms with Crippen molar-refractivity contribution in [2.75, 3.05) is 19.1 Å². The number of anilines is 1. The number of para-hydroxylation sites is 2. The molecule has 4 aromatic rings. The number of methoxy groups -OCH3 is 2. The lowest BCUT2D eigenvalue weighted by Gasteiger charge is -2.41. The van der Waals surface area contributed by atoms with E-state index in [1.54, 1.807) is 42.5 Å². The lowest BCUT2D eigenvalue weighted by Crippen LogP contribution is -2.40. The zero-order chi connectivity index (χ0) is 34.8. The highest BCUT2D eigenvalue weighted by molar-refractivity contribution is 9.12. The lowest BCUT2D eigenvalue weighted by molar-refractivity contribution is -0.123. The Morgan fingerprint density at radius 1 is 0.960 bits per heavy atom. The molecular weight excluding hydrogens is 704 g/mol. The van der Waals surface area contributed by atoms with Gasteiger partial charge in [0.15, 0.2) is 28.6 Å². The van der Waals surface area contributed by atoms with Crippen molar-refractivity contribution in [3.05, 3.63) is 106 Å². The van der Waals surface area contributed by atoms with Crippen LogP contribution < -0.4 is 14.4 Å². The minimum absolute atomic E-state index is 0.145. The van der Waals surface area contributed by atoms with E-state index in [2.05, 4.69) is 20.9 Å². The summed E-state index contributed by atoms with van der Waals surface area (Å²) in [6.45, 7) is 0. The number of carbonyl (C=O) groups excluding carboxylic acids is 4. The smallest absolute Gasteiger partial charge is 0.238 e. The molecule has 4 aliphatic rings. The van der Waals surface area contributed by atoms with Gasteiger partial charge in [0, 0.05) is 28.7 Å². The monoisotopic (exact) mass is 732 g/mol. The second-order valence-corrected chi connectivity index (χ2v) is 13.5. The third-order valence-electron chi connectivity index (χ3n) is 10.0. The molecular formula is C39H29BrN2O8. The Kier molecular flexibility index (Phi) is 7.67. The van der Waals surface area contributed by atoms with Gasteiger partial charge in [-0.15, -0.1) is 0 Å². The van der Waals surface area contributed by atoms with Gasteiger partial charge in [0.1, 0.15) is 5.52 Å². The Bertz CT molecular complexity index is 2220. The van der Waals surface area contributed by atoms with Crippen molar-refractivity contribution < 1.29 is 38.2 Å². The van der Waals surface area contributed by atoms with Crippen LogP contribution in [0.15, 0.2) is 105 Å². The summed E-state index contributed by atoms with van der Waals surface area (Å²) in [6, 6.07) is 17.7. The van der Waals surface area contributed by atoms with E-state index >= 15 is 0 Å². The fourth-order valence-electron chi connectivity index (χ4n) is 7.71. The van der Waals surface area contributed by atoms with Gasteiger partial charge in [-0.05, 0) is 88.8 Å². The average molecular weight is 734 g/mol. The molecule has 50 heavy (non-hydrogen) atoms. The molecule has 4 atom stereocenters. The molecule has 0 saturated carbocycles. The molecule has 250 valence electrons. The number of hydrogen-bond acceptors (Lipinski definition) is 9. The standard InChI is InChI=1S/C39H29BrN2O8/c1-48-31-15-19(16-32(49-2)36(31)45)7-12-23-22-13-14-24-34(25(22)17-26-33(23)29(43)18-27(40)35(26)44)39(47)42(38(24)46)21-10-8-20(9-11-21)37-41-28-5-3-4-6-30(28)50-37/h3-13,15-16,18,23-25,34,45H,14,17H2,1-2H3/t23-,24-,25+,34-/m0/s1. The zero-order valence-electron chi connectivity index (χ0n) is 26.9. The summed E-state index contributed by atoms with van der Waals surface area (Å²) < 4.78 is 16.7. The minimum Gasteiger partial charge on any atom is -0.502 e. The molecule has 0 bridgehead atoms. The Morgan fingerprint density at radius 3 is 2.38 bits per heavy atom. The molecule has 10 nitrogen and oxygen atoms in total. The van der Waals surface area contributed by atoms with Crippen LogP contribution >= 0.6 is 15.9 Å². The number of oxazole rings is 1. The third kappa shape index (κ3) is 4.94. The maximum Gasteiger partial charge on any atom is 0.238 e. The number of fused-ring (bicyclic) bond motifs is 4. The van der Waals surface area contributed by atoms with Crippen molar-refractivity contribution >= 4 is 62.2 Å². The van der Waals surface area contributed by atoms with Crippen molar-refractivity contribution in [2.24, 2.45) is 23.7 Å². The fourth-order valence-corrected chi connectivity index (χ4v) is 8.15. The van der Waals surface area contributed by atoms with E-state index in [9.17, 15) is 24.3 Å². The van der Waals surface area contributed by atoms with Crippen LogP contribution in [0.3, 0.4) is 0 Å². The molecule has 1 aliphatic heterocycles. The van der Waals surface area contributed by atoms with E-state index in [0.29, 0.717) is 45.9 Å². The molecule has 2 amide bonds. The molecule has 3 aromatic carbocycles. The minimum atomic E-state index is -0.717. The van der Waals surface area contributed by atoms with Gasteiger partial charge in [-0.3, -0.25) is 24.1 Å². The first-order valence-corrected chi connectivity index (χ1v) is 16.8. The summed E-state index contributed by atoms with van der Waals surface area (Å²) in [5, 5.41) is 10.4. The first-order valence-electron chi connectivity index (χ1n) is 16.0. The quantitative estimate of drug-likeness (QED) is 0.130. The van der Waals surface area contributed by atoms with Crippen molar-refractivity contribution in [3.8, 4) is 28.7 Å². The summed E-state index contributed by atoms with van der Waals surface area (Å²) in [6.07, 6.45) is 7.31. The van der Waals surface area contributed by atoms with E-state index in [1.165, 1.54) is 25.2 Å². The number of aromatic nitrogens is 1. The molecule has 3 aliphatic carbocycles. The van der Waals surface area contributed by atoms with Crippen LogP contribution in [0.5, 0.6) is 17.2 Å². The number of benzene rings is 3. The van der Waals surface area contributed by atoms with Gasteiger partial charge >= 0.3 is 0 Å². The Balaban J connectivity index is 1.14. The van der Waals surface area contributed by atoms with E-state index < -0.39 is 23.7 Å². The molecule has 0 spiro atoms. The highest BCUT2D eigenvalue weighted by atomic mass is 79.9. The van der Waals surface area contributed by atoms with Crippen molar-refractivity contribution in [1.82, 2.24) is 4.98 Å². The van der Waals surface area contributed by atoms with Gasteiger partial charge < -0.3 is 19.0 Å². The van der Waals surface area contributed by atoms with Crippen LogP contribution in [0.1, 0.15) is 18.4 Å². The van der Waals surface area contributed by atoms with Gasteiger partial charge in [0.05, 0.1) is 36.2 Å². The fraction of sp³-hybridized carbons (Fsp3) is 0.205. The summed E-state index contributed by atoms with van der Waals surface area (Å²) in [5.41, 5.74) is 4.67. The van der Waals surface area contributed by atoms with E-state index in [4.69, 9.17) is 13.9 Å². The van der Waals surface area contributed by atoms with Crippen LogP contribution in [0.4, 0.5) is 5.69 Å². The van der Waals surface area contributed by atoms with E-state index in [1.807, 2.05) is 36.4 Å². The lowest BCUT2D eigenvalue weighted by atomic mass is 9.61. The molecule has 1 fully saturated rings. The molecule has 1 saturated heterocycles. The molecule has 11 heteroatoms. The Hall–Kier alpha value is -5.55. The first-order chi connectivity index (χ1) is 24.2. The second kappa shape index (κ2) is 12.1. The number of carbonyl (C=O) groups is 4. The zero-order valence-corrected chi connectivity index (χ0v) is 28.5. The molecule has 0 radical (unpaired) electrons. The van der Waals surface area contributed by atoms with Gasteiger partial charge in [-0.1, -0.05) is 35.9 Å². The van der Waals surface area contributed by atoms with Gasteiger partial charge in [-0.2, -0.15) is 0 Å². The largest absolute Gasteiger partial charge is 0.502 e. The number of ketones is 2. The SMILES string of the molecule is COc1cc(C=C[C@H]2C3=CC[C@@H]4C(=O)N(c5ccc(-c6nc7ccccc7o6)cc5)C(=O)[C@@H]4[C@@H]3CC3=C2C(=O)C=C(Br)C3=O)cc(OC)c1O. The highest BCUT2D eigenvalue weighted by Crippen LogP contribution is 2.53. The average Bonchev–Trinajstić information content (AvgIpc) is 3.67. The molecule has 2 heterocycles. The summed E-state index contributed by atoms with van der Waals surface area (Å²) in [5.74, 6) is -2.98. The Morgan fingerprint density at radius 2 is 1.68 bits per heavy atom. The van der Waals surface area contributed by atoms with E-state index in [-0.39, 0.29) is 51.5 Å². The number of amides is 2. The summed E-state index contributed by atoms with van der Waals surface area (Å²) in [7, 11) is 2.86. The van der Waals surface area contributed by atoms with Gasteiger partial charge in [0.25, 0.3) is 0 Å². The van der Waals surface area contributed by atoms with E-state index in [0.717, 1.165) is 11.1 Å². The maximum absolute atomic E-state index is 14.3. The van der Waals surface area contributed by atoms with Crippen LogP contribution in [0.2, 0.25) is 0 Å². The number of halogens is 1. The number of Topliss-reactive ketones (excluding diaryl/α,β-unsaturated/α-hetero) is 1. The van der Waals surface area contributed by atoms with Crippen LogP contribution in [-0.2, 0) is 19.2 Å². The second-order valence-electron chi connectivity index (χ2n) is 12.6. The van der Waals surface area contributed by atoms with Crippen molar-refractivity contribution in [2.45, 2.75) is 12.8 Å². The van der Waals surface area contributed by atoms with Crippen LogP contribution in [-0.4, -0.2) is 47.7 Å². The molecule has 1 aromatic heterocycles. The number of allylic oxidation sites excluding steroid dienone is 7. The van der Waals surface area contributed by atoms with Crippen molar-refractivity contribution in [3.63, 3.8) is 0 Å². The summed E-state index contributed by atoms with van der Waals surface area (Å²) >= 11 is 3.26. The molecule has 0 unspecified atom stereocenters.